The fourth-order valence-corrected chi connectivity index (χ4v) is 2.18. The molecule has 0 spiro atoms. The Morgan fingerprint density at radius 2 is 2.18 bits per heavy atom. The van der Waals surface area contributed by atoms with Crippen molar-refractivity contribution in [1.29, 1.82) is 0 Å². The highest BCUT2D eigenvalue weighted by atomic mass is 35.5. The lowest BCUT2D eigenvalue weighted by atomic mass is 10.2. The second-order valence-corrected chi connectivity index (χ2v) is 4.59. The minimum atomic E-state index is -0.736. The Hall–Kier alpha value is -1.26. The molecule has 1 fully saturated rings. The SMILES string of the molecule is O=C(O)[C@H]1CCCN1CNc1ccc(Cl)cc1. The van der Waals surface area contributed by atoms with Crippen LogP contribution in [0, 0.1) is 0 Å². The lowest BCUT2D eigenvalue weighted by Gasteiger charge is -2.21. The fourth-order valence-electron chi connectivity index (χ4n) is 2.06. The maximum Gasteiger partial charge on any atom is 0.320 e. The maximum atomic E-state index is 11.0. The van der Waals surface area contributed by atoms with Gasteiger partial charge in [0.2, 0.25) is 0 Å². The summed E-state index contributed by atoms with van der Waals surface area (Å²) in [6.07, 6.45) is 1.68. The first-order valence-corrected chi connectivity index (χ1v) is 6.01. The molecule has 5 heteroatoms. The summed E-state index contributed by atoms with van der Waals surface area (Å²) in [4.78, 5) is 12.9. The molecule has 0 unspecified atom stereocenters. The molecule has 1 aliphatic rings. The average Bonchev–Trinajstić information content (AvgIpc) is 2.76. The van der Waals surface area contributed by atoms with Gasteiger partial charge >= 0.3 is 5.97 Å². The summed E-state index contributed by atoms with van der Waals surface area (Å²) in [5.74, 6) is -0.736. The lowest BCUT2D eigenvalue weighted by molar-refractivity contribution is -0.142. The third kappa shape index (κ3) is 3.11. The number of carboxylic acid groups (broad SMARTS) is 1. The number of hydrogen-bond acceptors (Lipinski definition) is 3. The minimum Gasteiger partial charge on any atom is -0.480 e. The van der Waals surface area contributed by atoms with Gasteiger partial charge in [0.05, 0.1) is 6.67 Å². The molecule has 0 aliphatic carbocycles. The zero-order valence-electron chi connectivity index (χ0n) is 9.40. The number of benzene rings is 1. The molecular weight excluding hydrogens is 240 g/mol. The zero-order chi connectivity index (χ0) is 12.3. The van der Waals surface area contributed by atoms with Crippen molar-refractivity contribution in [3.8, 4) is 0 Å². The fraction of sp³-hybridized carbons (Fsp3) is 0.417. The average molecular weight is 255 g/mol. The normalized spacial score (nSPS) is 20.4. The van der Waals surface area contributed by atoms with Gasteiger partial charge < -0.3 is 10.4 Å². The first kappa shape index (κ1) is 12.2. The van der Waals surface area contributed by atoms with Crippen molar-refractivity contribution in [2.24, 2.45) is 0 Å². The number of likely N-dealkylation sites (tertiary alicyclic amines) is 1. The van der Waals surface area contributed by atoms with E-state index in [1.165, 1.54) is 0 Å². The Kier molecular flexibility index (Phi) is 3.86. The highest BCUT2D eigenvalue weighted by molar-refractivity contribution is 6.30. The van der Waals surface area contributed by atoms with Crippen LogP contribution in [0.3, 0.4) is 0 Å². The summed E-state index contributed by atoms with van der Waals surface area (Å²) >= 11 is 5.79. The van der Waals surface area contributed by atoms with Gasteiger partial charge in [0.1, 0.15) is 6.04 Å². The second kappa shape index (κ2) is 5.38. The molecule has 0 aromatic heterocycles. The molecule has 1 aliphatic heterocycles. The Balaban J connectivity index is 1.89. The van der Waals surface area contributed by atoms with Gasteiger partial charge in [0, 0.05) is 17.3 Å². The summed E-state index contributed by atoms with van der Waals surface area (Å²) in [7, 11) is 0. The molecule has 1 aromatic rings. The van der Waals surface area contributed by atoms with Crippen LogP contribution in [0.15, 0.2) is 24.3 Å². The Bertz CT molecular complexity index is 394. The van der Waals surface area contributed by atoms with Crippen LogP contribution in [0.5, 0.6) is 0 Å². The van der Waals surface area contributed by atoms with Crippen LogP contribution in [0.4, 0.5) is 5.69 Å². The number of anilines is 1. The quantitative estimate of drug-likeness (QED) is 0.866. The maximum absolute atomic E-state index is 11.0. The summed E-state index contributed by atoms with van der Waals surface area (Å²) < 4.78 is 0. The summed E-state index contributed by atoms with van der Waals surface area (Å²) in [6, 6.07) is 7.03. The molecule has 2 rings (SSSR count). The highest BCUT2D eigenvalue weighted by Gasteiger charge is 2.29. The minimum absolute atomic E-state index is 0.352. The number of halogens is 1. The van der Waals surface area contributed by atoms with E-state index in [-0.39, 0.29) is 6.04 Å². The van der Waals surface area contributed by atoms with E-state index in [1.54, 1.807) is 0 Å². The van der Waals surface area contributed by atoms with Crippen LogP contribution in [-0.2, 0) is 4.79 Å². The van der Waals surface area contributed by atoms with E-state index in [0.717, 1.165) is 25.1 Å². The van der Waals surface area contributed by atoms with Crippen molar-refractivity contribution < 1.29 is 9.90 Å². The van der Waals surface area contributed by atoms with E-state index in [4.69, 9.17) is 16.7 Å². The van der Waals surface area contributed by atoms with E-state index in [2.05, 4.69) is 5.32 Å². The Morgan fingerprint density at radius 1 is 1.47 bits per heavy atom. The van der Waals surface area contributed by atoms with Crippen molar-refractivity contribution >= 4 is 23.3 Å². The number of rotatable bonds is 4. The van der Waals surface area contributed by atoms with Gasteiger partial charge in [-0.05, 0) is 37.1 Å². The predicted molar refractivity (Wildman–Crippen MR) is 67.3 cm³/mol. The predicted octanol–water partition coefficient (Wildman–Crippen LogP) is 2.26. The molecular formula is C12H15ClN2O2. The Labute approximate surface area is 105 Å². The zero-order valence-corrected chi connectivity index (χ0v) is 10.2. The number of carboxylic acids is 1. The van der Waals surface area contributed by atoms with Crippen molar-refractivity contribution in [2.75, 3.05) is 18.5 Å². The first-order valence-electron chi connectivity index (χ1n) is 5.63. The molecule has 4 nitrogen and oxygen atoms in total. The third-order valence-corrected chi connectivity index (χ3v) is 3.23. The Morgan fingerprint density at radius 3 is 2.82 bits per heavy atom. The molecule has 0 radical (unpaired) electrons. The van der Waals surface area contributed by atoms with E-state index in [0.29, 0.717) is 11.7 Å². The van der Waals surface area contributed by atoms with Crippen LogP contribution in [0.2, 0.25) is 5.02 Å². The van der Waals surface area contributed by atoms with Crippen molar-refractivity contribution in [2.45, 2.75) is 18.9 Å². The van der Waals surface area contributed by atoms with Gasteiger partial charge in [-0.3, -0.25) is 9.69 Å². The molecule has 0 bridgehead atoms. The van der Waals surface area contributed by atoms with Gasteiger partial charge in [-0.25, -0.2) is 0 Å². The monoisotopic (exact) mass is 254 g/mol. The van der Waals surface area contributed by atoms with Gasteiger partial charge in [-0.1, -0.05) is 11.6 Å². The molecule has 2 N–H and O–H groups in total. The van der Waals surface area contributed by atoms with E-state index in [9.17, 15) is 4.79 Å². The van der Waals surface area contributed by atoms with Gasteiger partial charge in [-0.2, -0.15) is 0 Å². The number of nitrogens with zero attached hydrogens (tertiary/aromatic N) is 1. The molecule has 0 saturated carbocycles. The molecule has 1 saturated heterocycles. The van der Waals surface area contributed by atoms with E-state index in [1.807, 2.05) is 29.2 Å². The largest absolute Gasteiger partial charge is 0.480 e. The lowest BCUT2D eigenvalue weighted by Crippen LogP contribution is -2.39. The number of carbonyl (C=O) groups is 1. The molecule has 0 amide bonds. The van der Waals surface area contributed by atoms with E-state index < -0.39 is 5.97 Å². The van der Waals surface area contributed by atoms with Crippen molar-refractivity contribution in [1.82, 2.24) is 4.90 Å². The highest BCUT2D eigenvalue weighted by Crippen LogP contribution is 2.18. The van der Waals surface area contributed by atoms with Crippen molar-refractivity contribution in [3.05, 3.63) is 29.3 Å². The molecule has 17 heavy (non-hydrogen) atoms. The van der Waals surface area contributed by atoms with Crippen LogP contribution in [0.25, 0.3) is 0 Å². The van der Waals surface area contributed by atoms with Crippen LogP contribution in [0.1, 0.15) is 12.8 Å². The number of hydrogen-bond donors (Lipinski definition) is 2. The third-order valence-electron chi connectivity index (χ3n) is 2.98. The molecule has 92 valence electrons. The topological polar surface area (TPSA) is 52.6 Å². The number of aliphatic carboxylic acids is 1. The van der Waals surface area contributed by atoms with Crippen LogP contribution >= 0.6 is 11.6 Å². The van der Waals surface area contributed by atoms with Gasteiger partial charge in [-0.15, -0.1) is 0 Å². The molecule has 1 aromatic carbocycles. The summed E-state index contributed by atoms with van der Waals surface area (Å²) in [5, 5.41) is 12.9. The molecule has 1 atom stereocenters. The number of nitrogens with one attached hydrogen (secondary N) is 1. The second-order valence-electron chi connectivity index (χ2n) is 4.15. The molecule has 1 heterocycles. The standard InChI is InChI=1S/C12H15ClN2O2/c13-9-3-5-10(6-4-9)14-8-15-7-1-2-11(15)12(16)17/h3-6,11,14H,1-2,7-8H2,(H,16,17)/t11-/m1/s1. The van der Waals surface area contributed by atoms with Gasteiger partial charge in [0.25, 0.3) is 0 Å². The first-order chi connectivity index (χ1) is 8.16. The van der Waals surface area contributed by atoms with E-state index >= 15 is 0 Å². The van der Waals surface area contributed by atoms with Gasteiger partial charge in [0.15, 0.2) is 0 Å². The summed E-state index contributed by atoms with van der Waals surface area (Å²) in [5.41, 5.74) is 0.949. The van der Waals surface area contributed by atoms with Crippen LogP contribution < -0.4 is 5.32 Å². The summed E-state index contributed by atoms with van der Waals surface area (Å²) in [6.45, 7) is 1.39. The van der Waals surface area contributed by atoms with Crippen molar-refractivity contribution in [3.63, 3.8) is 0 Å². The van der Waals surface area contributed by atoms with Crippen LogP contribution in [-0.4, -0.2) is 35.2 Å². The smallest absolute Gasteiger partial charge is 0.320 e.